The van der Waals surface area contributed by atoms with Gasteiger partial charge < -0.3 is 18.6 Å². The van der Waals surface area contributed by atoms with Crippen LogP contribution in [0.1, 0.15) is 39.6 Å². The molecule has 1 atom stereocenters. The molecule has 0 fully saturated rings. The Balaban J connectivity index is 1.40. The number of esters is 1. The second-order valence-electron chi connectivity index (χ2n) is 8.37. The standard InChI is InChI=1S/C29H20O6/c1-32-19-9-7-17(8-10-19)15-25-28(31)20-11-12-24-27(29(20)35-25)21(16-26(30)34-24)23-14-13-22(33-23)18-5-3-2-4-6-18/h2-15,21H,16H2,1H3/b25-15-/t21-/m0/s1. The van der Waals surface area contributed by atoms with Crippen molar-refractivity contribution in [2.24, 2.45) is 0 Å². The molecule has 172 valence electrons. The van der Waals surface area contributed by atoms with Crippen molar-refractivity contribution in [2.45, 2.75) is 12.3 Å². The number of ketones is 1. The van der Waals surface area contributed by atoms with Crippen LogP contribution in [0.15, 0.2) is 89.0 Å². The van der Waals surface area contributed by atoms with E-state index in [0.717, 1.165) is 16.9 Å². The molecule has 3 heterocycles. The van der Waals surface area contributed by atoms with Gasteiger partial charge in [-0.05, 0) is 48.0 Å². The van der Waals surface area contributed by atoms with Gasteiger partial charge in [0.2, 0.25) is 5.78 Å². The number of carbonyl (C=O) groups is 2. The lowest BCUT2D eigenvalue weighted by molar-refractivity contribution is -0.135. The summed E-state index contributed by atoms with van der Waals surface area (Å²) in [7, 11) is 1.60. The molecule has 2 aliphatic rings. The predicted molar refractivity (Wildman–Crippen MR) is 129 cm³/mol. The quantitative estimate of drug-likeness (QED) is 0.209. The number of ether oxygens (including phenoxy) is 3. The fourth-order valence-corrected chi connectivity index (χ4v) is 4.50. The van der Waals surface area contributed by atoms with Crippen molar-refractivity contribution < 1.29 is 28.2 Å². The van der Waals surface area contributed by atoms with E-state index >= 15 is 0 Å². The second kappa shape index (κ2) is 8.33. The molecule has 0 N–H and O–H groups in total. The van der Waals surface area contributed by atoms with Gasteiger partial charge in [-0.15, -0.1) is 0 Å². The smallest absolute Gasteiger partial charge is 0.312 e. The van der Waals surface area contributed by atoms with Gasteiger partial charge in [-0.3, -0.25) is 9.59 Å². The second-order valence-corrected chi connectivity index (χ2v) is 8.37. The lowest BCUT2D eigenvalue weighted by Gasteiger charge is -2.24. The average Bonchev–Trinajstić information content (AvgIpc) is 3.50. The van der Waals surface area contributed by atoms with E-state index in [1.54, 1.807) is 25.3 Å². The summed E-state index contributed by atoms with van der Waals surface area (Å²) in [5, 5.41) is 0. The van der Waals surface area contributed by atoms with Gasteiger partial charge in [0.05, 0.1) is 25.0 Å². The number of hydrogen-bond acceptors (Lipinski definition) is 6. The van der Waals surface area contributed by atoms with Gasteiger partial charge in [0.15, 0.2) is 5.76 Å². The monoisotopic (exact) mass is 464 g/mol. The normalized spacial score (nSPS) is 17.5. The molecule has 3 aromatic carbocycles. The van der Waals surface area contributed by atoms with Crippen LogP contribution in [0.4, 0.5) is 0 Å². The van der Waals surface area contributed by atoms with Gasteiger partial charge in [0.25, 0.3) is 0 Å². The van der Waals surface area contributed by atoms with Crippen molar-refractivity contribution >= 4 is 17.8 Å². The molecule has 0 saturated heterocycles. The van der Waals surface area contributed by atoms with E-state index < -0.39 is 5.92 Å². The summed E-state index contributed by atoms with van der Waals surface area (Å²) in [5.41, 5.74) is 2.81. The van der Waals surface area contributed by atoms with Gasteiger partial charge in [-0.2, -0.15) is 0 Å². The summed E-state index contributed by atoms with van der Waals surface area (Å²) in [6, 6.07) is 24.1. The molecule has 0 saturated carbocycles. The topological polar surface area (TPSA) is 75.0 Å². The summed E-state index contributed by atoms with van der Waals surface area (Å²) in [6.45, 7) is 0. The molecule has 0 unspecified atom stereocenters. The van der Waals surface area contributed by atoms with E-state index in [1.165, 1.54) is 0 Å². The summed E-state index contributed by atoms with van der Waals surface area (Å²) in [4.78, 5) is 25.6. The van der Waals surface area contributed by atoms with Crippen molar-refractivity contribution in [3.05, 3.63) is 107 Å². The predicted octanol–water partition coefficient (Wildman–Crippen LogP) is 6.01. The molecular weight excluding hydrogens is 444 g/mol. The molecular formula is C29H20O6. The van der Waals surface area contributed by atoms with Crippen molar-refractivity contribution in [3.8, 4) is 28.6 Å². The van der Waals surface area contributed by atoms with Crippen molar-refractivity contribution in [3.63, 3.8) is 0 Å². The van der Waals surface area contributed by atoms with Crippen LogP contribution in [0.2, 0.25) is 0 Å². The Labute approximate surface area is 201 Å². The number of rotatable bonds is 4. The maximum absolute atomic E-state index is 13.2. The number of carbonyl (C=O) groups excluding carboxylic acids is 2. The molecule has 0 spiro atoms. The molecule has 4 aromatic rings. The fourth-order valence-electron chi connectivity index (χ4n) is 4.50. The molecule has 2 aliphatic heterocycles. The first-order chi connectivity index (χ1) is 17.1. The van der Waals surface area contributed by atoms with Crippen LogP contribution in [-0.4, -0.2) is 18.9 Å². The summed E-state index contributed by atoms with van der Waals surface area (Å²) in [5.74, 6) is 2.00. The first kappa shape index (κ1) is 21.0. The number of Topliss-reactive ketones (excluding diaryl/α,β-unsaturated/α-hetero) is 1. The Morgan fingerprint density at radius 2 is 1.69 bits per heavy atom. The average molecular weight is 464 g/mol. The molecule has 0 bridgehead atoms. The van der Waals surface area contributed by atoms with E-state index in [1.807, 2.05) is 66.7 Å². The number of allylic oxidation sites excluding steroid dienone is 1. The lowest BCUT2D eigenvalue weighted by Crippen LogP contribution is -2.21. The third-order valence-electron chi connectivity index (χ3n) is 6.22. The summed E-state index contributed by atoms with van der Waals surface area (Å²) in [6.07, 6.45) is 1.78. The maximum Gasteiger partial charge on any atom is 0.312 e. The Bertz CT molecular complexity index is 1480. The van der Waals surface area contributed by atoms with E-state index in [2.05, 4.69) is 0 Å². The highest BCUT2D eigenvalue weighted by Gasteiger charge is 2.39. The van der Waals surface area contributed by atoms with Crippen LogP contribution in [0, 0.1) is 0 Å². The van der Waals surface area contributed by atoms with Crippen molar-refractivity contribution in [1.29, 1.82) is 0 Å². The van der Waals surface area contributed by atoms with Crippen LogP contribution in [-0.2, 0) is 4.79 Å². The molecule has 6 rings (SSSR count). The molecule has 0 amide bonds. The molecule has 0 radical (unpaired) electrons. The Morgan fingerprint density at radius 1 is 0.886 bits per heavy atom. The van der Waals surface area contributed by atoms with Gasteiger partial charge in [-0.25, -0.2) is 0 Å². The molecule has 35 heavy (non-hydrogen) atoms. The number of fused-ring (bicyclic) bond motifs is 3. The minimum atomic E-state index is -0.438. The zero-order valence-electron chi connectivity index (χ0n) is 18.8. The third-order valence-corrected chi connectivity index (χ3v) is 6.22. The minimum Gasteiger partial charge on any atom is -0.497 e. The van der Waals surface area contributed by atoms with Crippen LogP contribution < -0.4 is 14.2 Å². The number of benzene rings is 3. The van der Waals surface area contributed by atoms with Crippen LogP contribution >= 0.6 is 0 Å². The highest BCUT2D eigenvalue weighted by atomic mass is 16.5. The van der Waals surface area contributed by atoms with Crippen LogP contribution in [0.3, 0.4) is 0 Å². The van der Waals surface area contributed by atoms with E-state index in [0.29, 0.717) is 34.1 Å². The third kappa shape index (κ3) is 3.69. The zero-order chi connectivity index (χ0) is 23.9. The Hall–Kier alpha value is -4.58. The first-order valence-corrected chi connectivity index (χ1v) is 11.2. The number of methoxy groups -OCH3 is 1. The maximum atomic E-state index is 13.2. The van der Waals surface area contributed by atoms with Gasteiger partial charge in [-0.1, -0.05) is 42.5 Å². The van der Waals surface area contributed by atoms with Crippen LogP contribution in [0.5, 0.6) is 17.2 Å². The Morgan fingerprint density at radius 3 is 2.46 bits per heavy atom. The van der Waals surface area contributed by atoms with Gasteiger partial charge >= 0.3 is 5.97 Å². The first-order valence-electron chi connectivity index (χ1n) is 11.2. The fraction of sp³-hybridized carbons (Fsp3) is 0.103. The molecule has 6 heteroatoms. The van der Waals surface area contributed by atoms with E-state index in [4.69, 9.17) is 18.6 Å². The molecule has 1 aromatic heterocycles. The molecule has 0 aliphatic carbocycles. The van der Waals surface area contributed by atoms with E-state index in [-0.39, 0.29) is 23.9 Å². The van der Waals surface area contributed by atoms with Gasteiger partial charge in [0.1, 0.15) is 28.8 Å². The minimum absolute atomic E-state index is 0.0836. The SMILES string of the molecule is COc1ccc(/C=C2\Oc3c(ccc4c3[C@H](c3ccc(-c5ccccc5)o3)CC(=O)O4)C2=O)cc1. The summed E-state index contributed by atoms with van der Waals surface area (Å²) >= 11 is 0. The summed E-state index contributed by atoms with van der Waals surface area (Å²) < 4.78 is 23.0. The molecule has 6 nitrogen and oxygen atoms in total. The highest BCUT2D eigenvalue weighted by Crippen LogP contribution is 2.49. The van der Waals surface area contributed by atoms with Gasteiger partial charge in [0, 0.05) is 11.1 Å². The van der Waals surface area contributed by atoms with E-state index in [9.17, 15) is 9.59 Å². The lowest BCUT2D eigenvalue weighted by atomic mass is 9.88. The Kier molecular flexibility index (Phi) is 4.99. The van der Waals surface area contributed by atoms with Crippen LogP contribution in [0.25, 0.3) is 17.4 Å². The largest absolute Gasteiger partial charge is 0.497 e. The number of furan rings is 1. The number of hydrogen-bond donors (Lipinski definition) is 0. The van der Waals surface area contributed by atoms with Crippen molar-refractivity contribution in [2.75, 3.05) is 7.11 Å². The zero-order valence-corrected chi connectivity index (χ0v) is 18.8. The van der Waals surface area contributed by atoms with Crippen molar-refractivity contribution in [1.82, 2.24) is 0 Å². The highest BCUT2D eigenvalue weighted by molar-refractivity contribution is 6.15.